The van der Waals surface area contributed by atoms with Crippen LogP contribution in [0.2, 0.25) is 10.2 Å². The number of aryl methyl sites for hydroxylation is 3. The third-order valence-corrected chi connectivity index (χ3v) is 7.52. The predicted octanol–water partition coefficient (Wildman–Crippen LogP) is 4.63. The number of rotatable bonds is 4. The van der Waals surface area contributed by atoms with Gasteiger partial charge in [0, 0.05) is 49.0 Å². The molecule has 0 N–H and O–H groups in total. The maximum atomic E-state index is 11.5. The Morgan fingerprint density at radius 2 is 1.91 bits per heavy atom. The van der Waals surface area contributed by atoms with Crippen LogP contribution in [0.15, 0.2) is 12.1 Å². The minimum atomic E-state index is 0.433. The molecule has 0 spiro atoms. The van der Waals surface area contributed by atoms with E-state index in [9.17, 15) is 4.79 Å². The Labute approximate surface area is 206 Å². The molecule has 2 aliphatic rings. The molecular weight excluding hydrogens is 473 g/mol. The van der Waals surface area contributed by atoms with E-state index in [0.29, 0.717) is 36.3 Å². The number of carbonyl (C=O) groups is 1. The zero-order valence-electron chi connectivity index (χ0n) is 19.1. The van der Waals surface area contributed by atoms with Crippen LogP contribution in [0.1, 0.15) is 47.0 Å². The van der Waals surface area contributed by atoms with Gasteiger partial charge in [0.2, 0.25) is 6.41 Å². The maximum absolute atomic E-state index is 11.5. The summed E-state index contributed by atoms with van der Waals surface area (Å²) in [6.45, 7) is 5.22. The smallest absolute Gasteiger partial charge is 0.234 e. The quantitative estimate of drug-likeness (QED) is 0.303. The van der Waals surface area contributed by atoms with Gasteiger partial charge in [0.1, 0.15) is 16.0 Å². The molecule has 0 bridgehead atoms. The fourth-order valence-corrected chi connectivity index (χ4v) is 5.71. The van der Waals surface area contributed by atoms with Crippen LogP contribution in [0.4, 0.5) is 5.82 Å². The standard InChI is InChI=1S/C24H23Cl2N7O/c1-12-4-7-17-19(13(2)29-33(17)11-34)18(12)23-27-16-8-9-32(10-15(16)22(26)28-23)24-20(25)21(14-5-6-14)30-31(24)3/h4,7,11,14H,5-6,8-10H2,1-3H3. The van der Waals surface area contributed by atoms with Crippen molar-refractivity contribution in [2.24, 2.45) is 7.05 Å². The SMILES string of the molecule is Cc1ccc2c(c(C)nn2C=O)c1-c1nc(Cl)c2c(n1)CCN(c1c(Cl)c(C3CC3)nn1C)C2. The van der Waals surface area contributed by atoms with Gasteiger partial charge in [-0.15, -0.1) is 0 Å². The number of halogens is 2. The Morgan fingerprint density at radius 1 is 1.12 bits per heavy atom. The van der Waals surface area contributed by atoms with Crippen molar-refractivity contribution in [2.75, 3.05) is 11.4 Å². The lowest BCUT2D eigenvalue weighted by molar-refractivity contribution is 0.542. The van der Waals surface area contributed by atoms with Crippen LogP contribution in [0.3, 0.4) is 0 Å². The molecule has 4 aromatic rings. The van der Waals surface area contributed by atoms with Crippen molar-refractivity contribution in [1.82, 2.24) is 29.5 Å². The molecule has 0 atom stereocenters. The molecule has 4 heterocycles. The van der Waals surface area contributed by atoms with Crippen LogP contribution in [0, 0.1) is 13.8 Å². The lowest BCUT2D eigenvalue weighted by atomic mass is 10.0. The summed E-state index contributed by atoms with van der Waals surface area (Å²) in [7, 11) is 1.94. The average Bonchev–Trinajstić information content (AvgIpc) is 3.55. The van der Waals surface area contributed by atoms with Gasteiger partial charge in [-0.3, -0.25) is 9.48 Å². The fourth-order valence-electron chi connectivity index (χ4n) is 5.02. The van der Waals surface area contributed by atoms with Gasteiger partial charge in [0.25, 0.3) is 0 Å². The highest BCUT2D eigenvalue weighted by molar-refractivity contribution is 6.34. The Kier molecular flexibility index (Phi) is 4.93. The van der Waals surface area contributed by atoms with Crippen LogP contribution in [-0.4, -0.2) is 42.5 Å². The third kappa shape index (κ3) is 3.23. The largest absolute Gasteiger partial charge is 0.351 e. The van der Waals surface area contributed by atoms with E-state index in [1.54, 1.807) is 0 Å². The van der Waals surface area contributed by atoms with E-state index >= 15 is 0 Å². The van der Waals surface area contributed by atoms with Crippen molar-refractivity contribution in [3.8, 4) is 11.4 Å². The zero-order valence-corrected chi connectivity index (χ0v) is 20.7. The Hall–Kier alpha value is -2.97. The van der Waals surface area contributed by atoms with Crippen molar-refractivity contribution in [3.05, 3.63) is 50.5 Å². The van der Waals surface area contributed by atoms with E-state index in [2.05, 4.69) is 15.1 Å². The second-order valence-electron chi connectivity index (χ2n) is 9.14. The molecule has 0 unspecified atom stereocenters. The number of fused-ring (bicyclic) bond motifs is 2. The first-order valence-electron chi connectivity index (χ1n) is 11.3. The number of benzene rings is 1. The first-order valence-corrected chi connectivity index (χ1v) is 12.1. The highest BCUT2D eigenvalue weighted by Crippen LogP contribution is 2.46. The lowest BCUT2D eigenvalue weighted by Crippen LogP contribution is -2.33. The van der Waals surface area contributed by atoms with Crippen molar-refractivity contribution in [2.45, 2.75) is 45.6 Å². The van der Waals surface area contributed by atoms with E-state index in [4.69, 9.17) is 33.2 Å². The summed E-state index contributed by atoms with van der Waals surface area (Å²) in [6.07, 6.45) is 3.73. The molecule has 1 saturated carbocycles. The predicted molar refractivity (Wildman–Crippen MR) is 132 cm³/mol. The average molecular weight is 496 g/mol. The molecule has 0 amide bonds. The lowest BCUT2D eigenvalue weighted by Gasteiger charge is -2.30. The minimum absolute atomic E-state index is 0.433. The van der Waals surface area contributed by atoms with Gasteiger partial charge in [0.15, 0.2) is 5.82 Å². The van der Waals surface area contributed by atoms with Crippen LogP contribution >= 0.6 is 23.2 Å². The summed E-state index contributed by atoms with van der Waals surface area (Å²) < 4.78 is 3.22. The highest BCUT2D eigenvalue weighted by atomic mass is 35.5. The van der Waals surface area contributed by atoms with Crippen molar-refractivity contribution in [1.29, 1.82) is 0 Å². The van der Waals surface area contributed by atoms with Crippen LogP contribution in [0.25, 0.3) is 22.3 Å². The Morgan fingerprint density at radius 3 is 2.65 bits per heavy atom. The first-order chi connectivity index (χ1) is 16.4. The first kappa shape index (κ1) is 21.6. The van der Waals surface area contributed by atoms with E-state index in [0.717, 1.165) is 74.9 Å². The molecule has 0 saturated heterocycles. The molecular formula is C24H23Cl2N7O. The molecule has 0 radical (unpaired) electrons. The molecule has 6 rings (SSSR count). The summed E-state index contributed by atoms with van der Waals surface area (Å²) in [5.41, 5.74) is 6.19. The molecule has 174 valence electrons. The summed E-state index contributed by atoms with van der Waals surface area (Å²) in [5, 5.41) is 11.1. The third-order valence-electron chi connectivity index (χ3n) is 6.84. The van der Waals surface area contributed by atoms with Gasteiger partial charge in [-0.25, -0.2) is 14.6 Å². The number of carbonyl (C=O) groups excluding carboxylic acids is 1. The number of nitrogens with zero attached hydrogens (tertiary/aromatic N) is 7. The fraction of sp³-hybridized carbons (Fsp3) is 0.375. The molecule has 8 nitrogen and oxygen atoms in total. The molecule has 1 fully saturated rings. The van der Waals surface area contributed by atoms with E-state index in [-0.39, 0.29) is 0 Å². The van der Waals surface area contributed by atoms with Crippen LogP contribution < -0.4 is 4.90 Å². The van der Waals surface area contributed by atoms with Crippen molar-refractivity contribution in [3.63, 3.8) is 0 Å². The van der Waals surface area contributed by atoms with Crippen LogP contribution in [0.5, 0.6) is 0 Å². The minimum Gasteiger partial charge on any atom is -0.351 e. The topological polar surface area (TPSA) is 81.7 Å². The van der Waals surface area contributed by atoms with Gasteiger partial charge in [-0.2, -0.15) is 10.2 Å². The van der Waals surface area contributed by atoms with E-state index in [1.165, 1.54) is 4.68 Å². The molecule has 3 aromatic heterocycles. The second-order valence-corrected chi connectivity index (χ2v) is 9.88. The summed E-state index contributed by atoms with van der Waals surface area (Å²) >= 11 is 13.5. The van der Waals surface area contributed by atoms with Gasteiger partial charge < -0.3 is 4.90 Å². The van der Waals surface area contributed by atoms with Crippen molar-refractivity contribution < 1.29 is 4.79 Å². The zero-order chi connectivity index (χ0) is 23.7. The molecule has 34 heavy (non-hydrogen) atoms. The number of aromatic nitrogens is 6. The van der Waals surface area contributed by atoms with Gasteiger partial charge >= 0.3 is 0 Å². The highest BCUT2D eigenvalue weighted by Gasteiger charge is 2.33. The van der Waals surface area contributed by atoms with Gasteiger partial charge in [0.05, 0.1) is 22.6 Å². The van der Waals surface area contributed by atoms with Gasteiger partial charge in [-0.1, -0.05) is 29.3 Å². The number of anilines is 1. The summed E-state index contributed by atoms with van der Waals surface area (Å²) in [6, 6.07) is 3.85. The molecule has 1 aliphatic heterocycles. The monoisotopic (exact) mass is 495 g/mol. The van der Waals surface area contributed by atoms with Crippen molar-refractivity contribution >= 4 is 46.3 Å². The van der Waals surface area contributed by atoms with E-state index in [1.807, 2.05) is 37.7 Å². The Balaban J connectivity index is 1.42. The van der Waals surface area contributed by atoms with Crippen LogP contribution in [-0.2, 0) is 24.8 Å². The summed E-state index contributed by atoms with van der Waals surface area (Å²) in [4.78, 5) is 23.3. The Bertz CT molecular complexity index is 1480. The van der Waals surface area contributed by atoms with E-state index < -0.39 is 0 Å². The maximum Gasteiger partial charge on any atom is 0.234 e. The molecule has 1 aromatic carbocycles. The normalized spacial score (nSPS) is 15.7. The second kappa shape index (κ2) is 7.78. The summed E-state index contributed by atoms with van der Waals surface area (Å²) in [5.74, 6) is 1.97. The van der Waals surface area contributed by atoms with Gasteiger partial charge in [-0.05, 0) is 38.3 Å². The molecule has 10 heteroatoms. The molecule has 1 aliphatic carbocycles. The number of hydrogen-bond acceptors (Lipinski definition) is 6. The number of hydrogen-bond donors (Lipinski definition) is 0.